The zero-order chi connectivity index (χ0) is 24.3. The highest BCUT2D eigenvalue weighted by Crippen LogP contribution is 2.42. The third-order valence-electron chi connectivity index (χ3n) is 5.99. The molecule has 2 aromatic carbocycles. The Hall–Kier alpha value is -2.49. The average molecular weight is 491 g/mol. The van der Waals surface area contributed by atoms with Crippen LogP contribution in [-0.4, -0.2) is 34.0 Å². The normalized spacial score (nSPS) is 15.8. The number of aryl methyl sites for hydroxylation is 2. The molecule has 0 unspecified atom stereocenters. The van der Waals surface area contributed by atoms with E-state index in [2.05, 4.69) is 16.6 Å². The van der Waals surface area contributed by atoms with E-state index in [0.717, 1.165) is 5.56 Å². The van der Waals surface area contributed by atoms with Crippen molar-refractivity contribution >= 4 is 31.5 Å². The summed E-state index contributed by atoms with van der Waals surface area (Å²) in [7, 11) is -7.42. The molecule has 0 heterocycles. The first kappa shape index (κ1) is 25.1. The smallest absolute Gasteiger partial charge is 0.246 e. The molecule has 9 heteroatoms. The second-order valence-electron chi connectivity index (χ2n) is 8.52. The molecule has 0 atom stereocenters. The predicted octanol–water partition coefficient (Wildman–Crippen LogP) is 3.63. The Bertz CT molecular complexity index is 1240. The van der Waals surface area contributed by atoms with Gasteiger partial charge in [0.25, 0.3) is 0 Å². The molecule has 33 heavy (non-hydrogen) atoms. The lowest BCUT2D eigenvalue weighted by Crippen LogP contribution is -2.47. The molecular formula is C24H30N2O5S2. The Morgan fingerprint density at radius 2 is 1.67 bits per heavy atom. The SMILES string of the molecule is C=CCNS(=O)(=O)Cc1ccc(NC(=O)C2(S(=O)(=O)c3cc(C)ccc3C)CCCC2)cc1. The van der Waals surface area contributed by atoms with Gasteiger partial charge in [-0.3, -0.25) is 4.79 Å². The van der Waals surface area contributed by atoms with Crippen LogP contribution in [0.3, 0.4) is 0 Å². The Morgan fingerprint density at radius 3 is 2.27 bits per heavy atom. The number of hydrogen-bond donors (Lipinski definition) is 2. The Labute approximate surface area is 196 Å². The maximum absolute atomic E-state index is 13.7. The molecule has 0 radical (unpaired) electrons. The van der Waals surface area contributed by atoms with Gasteiger partial charge in [-0.1, -0.05) is 43.2 Å². The van der Waals surface area contributed by atoms with E-state index < -0.39 is 30.5 Å². The number of nitrogens with one attached hydrogen (secondary N) is 2. The molecule has 1 aliphatic carbocycles. The number of carbonyl (C=O) groups excluding carboxylic acids is 1. The van der Waals surface area contributed by atoms with Crippen LogP contribution < -0.4 is 10.0 Å². The van der Waals surface area contributed by atoms with Crippen LogP contribution in [-0.2, 0) is 30.4 Å². The van der Waals surface area contributed by atoms with Gasteiger partial charge in [-0.25, -0.2) is 21.6 Å². The molecule has 1 aliphatic rings. The van der Waals surface area contributed by atoms with Crippen molar-refractivity contribution in [3.63, 3.8) is 0 Å². The van der Waals surface area contributed by atoms with Gasteiger partial charge in [0.2, 0.25) is 15.9 Å². The maximum atomic E-state index is 13.7. The summed E-state index contributed by atoms with van der Waals surface area (Å²) in [6.07, 6.45) is 3.30. The highest BCUT2D eigenvalue weighted by molar-refractivity contribution is 7.93. The van der Waals surface area contributed by atoms with Crippen molar-refractivity contribution in [3.8, 4) is 0 Å². The van der Waals surface area contributed by atoms with Gasteiger partial charge in [-0.15, -0.1) is 6.58 Å². The molecule has 0 spiro atoms. The Balaban J connectivity index is 1.84. The van der Waals surface area contributed by atoms with Crippen molar-refractivity contribution < 1.29 is 21.6 Å². The summed E-state index contributed by atoms with van der Waals surface area (Å²) in [5.74, 6) is -0.756. The topological polar surface area (TPSA) is 109 Å². The highest BCUT2D eigenvalue weighted by atomic mass is 32.2. The summed E-state index contributed by atoms with van der Waals surface area (Å²) in [4.78, 5) is 13.6. The Kier molecular flexibility index (Phi) is 7.45. The number of benzene rings is 2. The molecule has 0 aliphatic heterocycles. The van der Waals surface area contributed by atoms with Gasteiger partial charge in [-0.2, -0.15) is 0 Å². The third-order valence-corrected chi connectivity index (χ3v) is 9.95. The predicted molar refractivity (Wildman–Crippen MR) is 130 cm³/mol. The van der Waals surface area contributed by atoms with Gasteiger partial charge in [0.15, 0.2) is 14.6 Å². The molecular weight excluding hydrogens is 460 g/mol. The fraction of sp³-hybridized carbons (Fsp3) is 0.375. The second-order valence-corrected chi connectivity index (χ2v) is 12.6. The lowest BCUT2D eigenvalue weighted by atomic mass is 10.1. The van der Waals surface area contributed by atoms with Crippen LogP contribution in [0.5, 0.6) is 0 Å². The van der Waals surface area contributed by atoms with Crippen molar-refractivity contribution in [1.82, 2.24) is 4.72 Å². The second kappa shape index (κ2) is 9.79. The lowest BCUT2D eigenvalue weighted by Gasteiger charge is -2.28. The molecule has 0 saturated heterocycles. The summed E-state index contributed by atoms with van der Waals surface area (Å²) >= 11 is 0. The first-order valence-corrected chi connectivity index (χ1v) is 13.9. The van der Waals surface area contributed by atoms with E-state index in [1.807, 2.05) is 13.0 Å². The van der Waals surface area contributed by atoms with Gasteiger partial charge < -0.3 is 5.32 Å². The number of rotatable bonds is 9. The fourth-order valence-corrected chi connectivity index (χ4v) is 7.64. The monoisotopic (exact) mass is 490 g/mol. The fourth-order valence-electron chi connectivity index (χ4n) is 4.16. The summed E-state index contributed by atoms with van der Waals surface area (Å²) in [5.41, 5.74) is 2.40. The van der Waals surface area contributed by atoms with Crippen LogP contribution in [0.25, 0.3) is 0 Å². The van der Waals surface area contributed by atoms with E-state index in [1.165, 1.54) is 6.08 Å². The van der Waals surface area contributed by atoms with Crippen molar-refractivity contribution in [2.24, 2.45) is 0 Å². The van der Waals surface area contributed by atoms with Crippen LogP contribution in [0.4, 0.5) is 5.69 Å². The minimum absolute atomic E-state index is 0.146. The molecule has 0 bridgehead atoms. The molecule has 2 N–H and O–H groups in total. The van der Waals surface area contributed by atoms with Crippen LogP contribution in [0.1, 0.15) is 42.4 Å². The van der Waals surface area contributed by atoms with Gasteiger partial charge in [0.05, 0.1) is 10.6 Å². The van der Waals surface area contributed by atoms with Crippen LogP contribution in [0.15, 0.2) is 60.0 Å². The molecule has 2 aromatic rings. The van der Waals surface area contributed by atoms with Crippen molar-refractivity contribution in [2.45, 2.75) is 54.9 Å². The molecule has 178 valence electrons. The molecule has 1 amide bonds. The van der Waals surface area contributed by atoms with Crippen molar-refractivity contribution in [2.75, 3.05) is 11.9 Å². The van der Waals surface area contributed by atoms with Gasteiger partial charge in [0.1, 0.15) is 0 Å². The first-order chi connectivity index (χ1) is 15.5. The zero-order valence-electron chi connectivity index (χ0n) is 18.9. The van der Waals surface area contributed by atoms with Gasteiger partial charge in [0, 0.05) is 12.2 Å². The van der Waals surface area contributed by atoms with Crippen LogP contribution in [0.2, 0.25) is 0 Å². The summed E-state index contributed by atoms with van der Waals surface area (Å²) in [6, 6.07) is 11.6. The van der Waals surface area contributed by atoms with E-state index in [0.29, 0.717) is 29.7 Å². The number of hydrogen-bond acceptors (Lipinski definition) is 5. The molecule has 1 saturated carbocycles. The average Bonchev–Trinajstić information content (AvgIpc) is 3.27. The molecule has 3 rings (SSSR count). The number of sulfone groups is 1. The van der Waals surface area contributed by atoms with E-state index >= 15 is 0 Å². The third kappa shape index (κ3) is 5.37. The van der Waals surface area contributed by atoms with Crippen molar-refractivity contribution in [3.05, 3.63) is 71.8 Å². The summed E-state index contributed by atoms with van der Waals surface area (Å²) < 4.78 is 52.4. The maximum Gasteiger partial charge on any atom is 0.246 e. The Morgan fingerprint density at radius 1 is 1.03 bits per heavy atom. The van der Waals surface area contributed by atoms with Gasteiger partial charge >= 0.3 is 0 Å². The van der Waals surface area contributed by atoms with E-state index in [9.17, 15) is 21.6 Å². The zero-order valence-corrected chi connectivity index (χ0v) is 20.6. The van der Waals surface area contributed by atoms with Crippen LogP contribution in [0, 0.1) is 13.8 Å². The van der Waals surface area contributed by atoms with E-state index in [1.54, 1.807) is 43.3 Å². The standard InChI is InChI=1S/C24H30N2O5S2/c1-4-15-25-32(28,29)17-20-9-11-21(12-10-20)26-23(27)24(13-5-6-14-24)33(30,31)22-16-18(2)7-8-19(22)3/h4,7-12,16,25H,1,5-6,13-15,17H2,2-3H3,(H,26,27). The van der Waals surface area contributed by atoms with E-state index in [-0.39, 0.29) is 30.0 Å². The van der Waals surface area contributed by atoms with E-state index in [4.69, 9.17) is 0 Å². The summed E-state index contributed by atoms with van der Waals surface area (Å²) in [5, 5.41) is 2.76. The quantitative estimate of drug-likeness (QED) is 0.522. The minimum atomic E-state index is -3.92. The largest absolute Gasteiger partial charge is 0.325 e. The van der Waals surface area contributed by atoms with Gasteiger partial charge in [-0.05, 0) is 61.6 Å². The van der Waals surface area contributed by atoms with Crippen LogP contribution >= 0.6 is 0 Å². The highest BCUT2D eigenvalue weighted by Gasteiger charge is 2.53. The number of sulfonamides is 1. The number of carbonyl (C=O) groups is 1. The minimum Gasteiger partial charge on any atom is -0.325 e. The molecule has 0 aromatic heterocycles. The first-order valence-electron chi connectivity index (χ1n) is 10.8. The van der Waals surface area contributed by atoms with Crippen molar-refractivity contribution in [1.29, 1.82) is 0 Å². The molecule has 1 fully saturated rings. The lowest BCUT2D eigenvalue weighted by molar-refractivity contribution is -0.118. The number of amides is 1. The number of anilines is 1. The molecule has 7 nitrogen and oxygen atoms in total. The summed E-state index contributed by atoms with van der Waals surface area (Å²) in [6.45, 7) is 7.20.